The van der Waals surface area contributed by atoms with Gasteiger partial charge in [-0.15, -0.1) is 0 Å². The smallest absolute Gasteiger partial charge is 0.312 e. The van der Waals surface area contributed by atoms with Crippen molar-refractivity contribution in [2.75, 3.05) is 13.2 Å². The number of ether oxygens (including phenoxy) is 1. The predicted octanol–water partition coefficient (Wildman–Crippen LogP) is 6.71. The lowest BCUT2D eigenvalue weighted by atomic mass is 9.32. The zero-order valence-electron chi connectivity index (χ0n) is 24.2. The molecule has 0 unspecified atom stereocenters. The summed E-state index contributed by atoms with van der Waals surface area (Å²) < 4.78 is 5.81. The van der Waals surface area contributed by atoms with Gasteiger partial charge in [-0.2, -0.15) is 0 Å². The second kappa shape index (κ2) is 8.95. The first-order valence-corrected chi connectivity index (χ1v) is 15.1. The summed E-state index contributed by atoms with van der Waals surface area (Å²) in [5, 5.41) is 21.5. The summed E-state index contributed by atoms with van der Waals surface area (Å²) in [7, 11) is 0. The number of allylic oxidation sites excluding steroid dienone is 1. The van der Waals surface area contributed by atoms with Crippen LogP contribution in [0.25, 0.3) is 0 Å². The first-order chi connectivity index (χ1) is 17.4. The molecule has 208 valence electrons. The quantitative estimate of drug-likeness (QED) is 0.317. The van der Waals surface area contributed by atoms with Crippen LogP contribution in [0.2, 0.25) is 0 Å². The van der Waals surface area contributed by atoms with Gasteiger partial charge in [0, 0.05) is 5.41 Å². The molecular formula is C33H52O4. The van der Waals surface area contributed by atoms with Gasteiger partial charge in [-0.1, -0.05) is 52.5 Å². The maximum atomic E-state index is 13.7. The van der Waals surface area contributed by atoms with Gasteiger partial charge in [0.15, 0.2) is 0 Å². The molecule has 11 atom stereocenters. The first kappa shape index (κ1) is 27.4. The average molecular weight is 513 g/mol. The van der Waals surface area contributed by atoms with Gasteiger partial charge in [-0.25, -0.2) is 0 Å². The van der Waals surface area contributed by atoms with Crippen LogP contribution in [0.4, 0.5) is 0 Å². The molecule has 0 aromatic rings. The monoisotopic (exact) mass is 512 g/mol. The molecule has 0 radical (unpaired) electrons. The number of hydrogen-bond donors (Lipinski definition) is 2. The van der Waals surface area contributed by atoms with Crippen LogP contribution in [0.15, 0.2) is 24.8 Å². The van der Waals surface area contributed by atoms with Crippen molar-refractivity contribution in [1.29, 1.82) is 0 Å². The van der Waals surface area contributed by atoms with E-state index in [0.717, 1.165) is 57.8 Å². The summed E-state index contributed by atoms with van der Waals surface area (Å²) in [6, 6.07) is 0. The van der Waals surface area contributed by atoms with Crippen LogP contribution < -0.4 is 0 Å². The highest BCUT2D eigenvalue weighted by molar-refractivity contribution is 5.78. The normalized spacial score (nSPS) is 52.7. The number of rotatable bonds is 5. The molecule has 4 heteroatoms. The molecule has 0 bridgehead atoms. The van der Waals surface area contributed by atoms with E-state index in [1.165, 1.54) is 12.0 Å². The zero-order chi connectivity index (χ0) is 27.0. The van der Waals surface area contributed by atoms with Crippen molar-refractivity contribution in [3.63, 3.8) is 0 Å². The van der Waals surface area contributed by atoms with Crippen LogP contribution in [0, 0.1) is 56.7 Å². The van der Waals surface area contributed by atoms with Crippen LogP contribution in [0.5, 0.6) is 0 Å². The highest BCUT2D eigenvalue weighted by Gasteiger charge is 2.72. The Morgan fingerprint density at radius 1 is 0.946 bits per heavy atom. The molecular weight excluding hydrogens is 460 g/mol. The molecule has 0 heterocycles. The largest absolute Gasteiger partial charge is 0.461 e. The number of hydrogen-bond acceptors (Lipinski definition) is 4. The van der Waals surface area contributed by atoms with E-state index in [-0.39, 0.29) is 34.2 Å². The Morgan fingerprint density at radius 2 is 1.68 bits per heavy atom. The van der Waals surface area contributed by atoms with Gasteiger partial charge in [-0.05, 0) is 117 Å². The first-order valence-electron chi connectivity index (χ1n) is 15.1. The van der Waals surface area contributed by atoms with E-state index in [0.29, 0.717) is 36.2 Å². The summed E-state index contributed by atoms with van der Waals surface area (Å²) in [4.78, 5) is 13.7. The summed E-state index contributed by atoms with van der Waals surface area (Å²) in [6.45, 7) is 20.5. The maximum absolute atomic E-state index is 13.7. The van der Waals surface area contributed by atoms with Gasteiger partial charge in [0.05, 0.1) is 18.1 Å². The van der Waals surface area contributed by atoms with E-state index < -0.39 is 11.5 Å². The van der Waals surface area contributed by atoms with E-state index in [9.17, 15) is 15.0 Å². The lowest BCUT2D eigenvalue weighted by Gasteiger charge is -2.72. The molecule has 2 N–H and O–H groups in total. The fourth-order valence-corrected chi connectivity index (χ4v) is 11.8. The third-order valence-corrected chi connectivity index (χ3v) is 13.9. The van der Waals surface area contributed by atoms with Crippen molar-refractivity contribution in [2.24, 2.45) is 56.7 Å². The summed E-state index contributed by atoms with van der Waals surface area (Å²) in [5.74, 6) is 2.10. The van der Waals surface area contributed by atoms with Gasteiger partial charge in [-0.3, -0.25) is 4.79 Å². The highest BCUT2D eigenvalue weighted by atomic mass is 16.5. The van der Waals surface area contributed by atoms with E-state index in [2.05, 4.69) is 47.8 Å². The second-order valence-electron chi connectivity index (χ2n) is 14.9. The fourth-order valence-electron chi connectivity index (χ4n) is 11.8. The molecule has 0 aliphatic heterocycles. The lowest BCUT2D eigenvalue weighted by molar-refractivity contribution is -0.254. The molecule has 5 aliphatic rings. The second-order valence-corrected chi connectivity index (χ2v) is 14.9. The molecule has 4 nitrogen and oxygen atoms in total. The minimum Gasteiger partial charge on any atom is -0.461 e. The molecule has 0 aromatic heterocycles. The minimum atomic E-state index is -0.418. The van der Waals surface area contributed by atoms with Gasteiger partial charge in [0.2, 0.25) is 0 Å². The molecule has 0 spiro atoms. The zero-order valence-corrected chi connectivity index (χ0v) is 24.2. The van der Waals surface area contributed by atoms with E-state index in [1.54, 1.807) is 6.08 Å². The summed E-state index contributed by atoms with van der Waals surface area (Å²) in [6.07, 6.45) is 11.6. The average Bonchev–Trinajstić information content (AvgIpc) is 3.27. The standard InChI is InChI=1S/C33H52O4/c1-8-19-37-28(36)33-16-11-22(21(2)3)27(33)23-9-10-25-29(4)14-13-26(35)30(5,20-34)24(29)12-15-32(25,7)31(23,6)17-18-33/h8,22-27,34-35H,1-2,9-20H2,3-7H3/t22-,23+,24+,25+,26-,27+,29-,30-,31+,32+,33-/m0/s1. The number of carbonyl (C=O) groups is 1. The molecule has 5 saturated carbocycles. The number of aliphatic hydroxyl groups excluding tert-OH is 2. The molecule has 5 fully saturated rings. The SMILES string of the molecule is C=CCOC(=O)[C@]12CC[C@@H](C(=C)C)[C@@H]1[C@H]1CC[C@@H]3[C@@]4(C)CC[C@H](O)[C@@](C)(CO)[C@@H]4CC[C@@]3(C)[C@]1(C)CC2. The molecule has 0 amide bonds. The molecule has 37 heavy (non-hydrogen) atoms. The third kappa shape index (κ3) is 3.43. The molecule has 0 saturated heterocycles. The molecule has 0 aromatic carbocycles. The van der Waals surface area contributed by atoms with Gasteiger partial charge >= 0.3 is 5.97 Å². The van der Waals surface area contributed by atoms with E-state index in [4.69, 9.17) is 4.74 Å². The van der Waals surface area contributed by atoms with Gasteiger partial charge in [0.25, 0.3) is 0 Å². The number of carbonyl (C=O) groups excluding carboxylic acids is 1. The fraction of sp³-hybridized carbons (Fsp3) is 0.848. The van der Waals surface area contributed by atoms with Crippen molar-refractivity contribution < 1.29 is 19.7 Å². The van der Waals surface area contributed by atoms with E-state index in [1.807, 2.05) is 0 Å². The summed E-state index contributed by atoms with van der Waals surface area (Å²) in [5.41, 5.74) is 0.888. The number of esters is 1. The van der Waals surface area contributed by atoms with E-state index >= 15 is 0 Å². The third-order valence-electron chi connectivity index (χ3n) is 13.9. The van der Waals surface area contributed by atoms with Crippen molar-refractivity contribution in [1.82, 2.24) is 0 Å². The summed E-state index contributed by atoms with van der Waals surface area (Å²) >= 11 is 0. The van der Waals surface area contributed by atoms with Crippen LogP contribution in [-0.4, -0.2) is 35.5 Å². The Bertz CT molecular complexity index is 958. The van der Waals surface area contributed by atoms with Crippen molar-refractivity contribution in [3.8, 4) is 0 Å². The van der Waals surface area contributed by atoms with Crippen LogP contribution in [0.1, 0.15) is 98.8 Å². The minimum absolute atomic E-state index is 0.00567. The maximum Gasteiger partial charge on any atom is 0.312 e. The Balaban J connectivity index is 1.54. The van der Waals surface area contributed by atoms with Crippen molar-refractivity contribution in [2.45, 2.75) is 105 Å². The number of fused-ring (bicyclic) bond motifs is 7. The van der Waals surface area contributed by atoms with Crippen LogP contribution in [0.3, 0.4) is 0 Å². The Kier molecular flexibility index (Phi) is 6.63. The predicted molar refractivity (Wildman–Crippen MR) is 148 cm³/mol. The Morgan fingerprint density at radius 3 is 2.32 bits per heavy atom. The highest BCUT2D eigenvalue weighted by Crippen LogP contribution is 2.77. The number of aliphatic hydroxyl groups is 2. The lowest BCUT2D eigenvalue weighted by Crippen LogP contribution is -2.67. The van der Waals surface area contributed by atoms with Crippen LogP contribution >= 0.6 is 0 Å². The topological polar surface area (TPSA) is 66.8 Å². The molecule has 5 aliphatic carbocycles. The Hall–Kier alpha value is -1.13. The van der Waals surface area contributed by atoms with Crippen molar-refractivity contribution >= 4 is 5.97 Å². The van der Waals surface area contributed by atoms with Gasteiger partial charge in [0.1, 0.15) is 6.61 Å². The van der Waals surface area contributed by atoms with Crippen LogP contribution in [-0.2, 0) is 9.53 Å². The molecule has 5 rings (SSSR count). The van der Waals surface area contributed by atoms with Gasteiger partial charge < -0.3 is 14.9 Å². The van der Waals surface area contributed by atoms with Crippen molar-refractivity contribution in [3.05, 3.63) is 24.8 Å². The Labute approximate surface area is 225 Å².